The summed E-state index contributed by atoms with van der Waals surface area (Å²) in [4.78, 5) is 51.4. The van der Waals surface area contributed by atoms with Crippen molar-refractivity contribution in [2.75, 3.05) is 23.4 Å². The predicted molar refractivity (Wildman–Crippen MR) is 148 cm³/mol. The van der Waals surface area contributed by atoms with E-state index in [-0.39, 0.29) is 41.0 Å². The standard InChI is InChI=1S/C28H23Cl2N3O6/c1-3-38-23-13-17(12-22(30)25(23)39-15-24(34)31-19-8-4-6-16(2)10-19)11-21-26(35)32-28(37)33(27(21)36)20-9-5-7-18(29)14-20/h4-14H,3,15H2,1-2H3,(H,31,34)(H,32,35,37)/b21-11+. The van der Waals surface area contributed by atoms with Crippen LogP contribution >= 0.6 is 23.2 Å². The van der Waals surface area contributed by atoms with Gasteiger partial charge in [0.25, 0.3) is 17.7 Å². The molecule has 3 aromatic rings. The summed E-state index contributed by atoms with van der Waals surface area (Å²) in [7, 11) is 0. The number of urea groups is 1. The summed E-state index contributed by atoms with van der Waals surface area (Å²) in [6.07, 6.45) is 1.28. The van der Waals surface area contributed by atoms with Crippen LogP contribution in [0.1, 0.15) is 18.1 Å². The second-order valence-electron chi connectivity index (χ2n) is 8.41. The van der Waals surface area contributed by atoms with Crippen LogP contribution in [-0.2, 0) is 14.4 Å². The molecule has 1 aliphatic heterocycles. The normalized spacial score (nSPS) is 14.3. The van der Waals surface area contributed by atoms with Crippen LogP contribution in [0.25, 0.3) is 6.08 Å². The molecule has 2 N–H and O–H groups in total. The van der Waals surface area contributed by atoms with Crippen LogP contribution in [-0.4, -0.2) is 37.0 Å². The van der Waals surface area contributed by atoms with Gasteiger partial charge in [-0.1, -0.05) is 41.4 Å². The largest absolute Gasteiger partial charge is 0.490 e. The number of ether oxygens (including phenoxy) is 2. The third-order valence-electron chi connectivity index (χ3n) is 5.46. The van der Waals surface area contributed by atoms with E-state index in [4.69, 9.17) is 32.7 Å². The molecule has 0 bridgehead atoms. The quantitative estimate of drug-likeness (QED) is 0.279. The summed E-state index contributed by atoms with van der Waals surface area (Å²) in [6.45, 7) is 3.57. The van der Waals surface area contributed by atoms with E-state index < -0.39 is 23.8 Å². The summed E-state index contributed by atoms with van der Waals surface area (Å²) in [6, 6.07) is 15.5. The van der Waals surface area contributed by atoms with Crippen molar-refractivity contribution in [2.24, 2.45) is 0 Å². The van der Waals surface area contributed by atoms with Gasteiger partial charge in [-0.05, 0) is 73.5 Å². The van der Waals surface area contributed by atoms with Gasteiger partial charge >= 0.3 is 6.03 Å². The number of halogens is 2. The third-order valence-corrected chi connectivity index (χ3v) is 5.98. The van der Waals surface area contributed by atoms with Crippen molar-refractivity contribution in [3.8, 4) is 11.5 Å². The van der Waals surface area contributed by atoms with Gasteiger partial charge in [-0.2, -0.15) is 0 Å². The summed E-state index contributed by atoms with van der Waals surface area (Å²) in [5.74, 6) is -1.79. The molecule has 11 heteroatoms. The molecule has 9 nitrogen and oxygen atoms in total. The van der Waals surface area contributed by atoms with E-state index in [0.29, 0.717) is 16.3 Å². The van der Waals surface area contributed by atoms with Crippen molar-refractivity contribution >= 4 is 64.4 Å². The van der Waals surface area contributed by atoms with Gasteiger partial charge in [0, 0.05) is 10.7 Å². The highest BCUT2D eigenvalue weighted by atomic mass is 35.5. The van der Waals surface area contributed by atoms with Crippen LogP contribution in [0.3, 0.4) is 0 Å². The smallest absolute Gasteiger partial charge is 0.335 e. The Labute approximate surface area is 234 Å². The maximum Gasteiger partial charge on any atom is 0.335 e. The first kappa shape index (κ1) is 27.7. The van der Waals surface area contributed by atoms with Gasteiger partial charge in [-0.25, -0.2) is 9.69 Å². The number of carbonyl (C=O) groups is 4. The number of nitrogens with zero attached hydrogens (tertiary/aromatic N) is 1. The first-order valence-corrected chi connectivity index (χ1v) is 12.5. The highest BCUT2D eigenvalue weighted by Gasteiger charge is 2.37. The van der Waals surface area contributed by atoms with Crippen molar-refractivity contribution in [3.05, 3.63) is 87.4 Å². The molecule has 200 valence electrons. The fourth-order valence-corrected chi connectivity index (χ4v) is 4.26. The average Bonchev–Trinajstić information content (AvgIpc) is 2.86. The fraction of sp³-hybridized carbons (Fsp3) is 0.143. The van der Waals surface area contributed by atoms with E-state index in [1.165, 1.54) is 30.3 Å². The van der Waals surface area contributed by atoms with E-state index in [2.05, 4.69) is 10.6 Å². The second-order valence-corrected chi connectivity index (χ2v) is 9.25. The molecule has 0 aromatic heterocycles. The lowest BCUT2D eigenvalue weighted by Gasteiger charge is -2.26. The number of nitrogens with one attached hydrogen (secondary N) is 2. The number of anilines is 2. The summed E-state index contributed by atoms with van der Waals surface area (Å²) >= 11 is 12.5. The van der Waals surface area contributed by atoms with E-state index >= 15 is 0 Å². The summed E-state index contributed by atoms with van der Waals surface area (Å²) < 4.78 is 11.3. The first-order valence-electron chi connectivity index (χ1n) is 11.8. The topological polar surface area (TPSA) is 114 Å². The van der Waals surface area contributed by atoms with Crippen LogP contribution in [0.2, 0.25) is 10.0 Å². The molecule has 1 aliphatic rings. The zero-order valence-corrected chi connectivity index (χ0v) is 22.4. The number of benzene rings is 3. The highest BCUT2D eigenvalue weighted by molar-refractivity contribution is 6.39. The van der Waals surface area contributed by atoms with Crippen LogP contribution in [0.4, 0.5) is 16.2 Å². The molecule has 5 amide bonds. The Hall–Kier alpha value is -4.34. The number of carbonyl (C=O) groups excluding carboxylic acids is 4. The lowest BCUT2D eigenvalue weighted by atomic mass is 10.1. The Bertz CT molecular complexity index is 1500. The van der Waals surface area contributed by atoms with Crippen LogP contribution in [0.15, 0.2) is 66.2 Å². The number of imide groups is 2. The Morgan fingerprint density at radius 2 is 1.79 bits per heavy atom. The Morgan fingerprint density at radius 1 is 1.03 bits per heavy atom. The molecular weight excluding hydrogens is 545 g/mol. The first-order chi connectivity index (χ1) is 18.7. The minimum atomic E-state index is -0.898. The van der Waals surface area contributed by atoms with Crippen molar-refractivity contribution in [3.63, 3.8) is 0 Å². The Morgan fingerprint density at radius 3 is 2.51 bits per heavy atom. The number of hydrogen-bond donors (Lipinski definition) is 2. The molecule has 0 spiro atoms. The van der Waals surface area contributed by atoms with Crippen LogP contribution in [0.5, 0.6) is 11.5 Å². The van der Waals surface area contributed by atoms with Gasteiger partial charge < -0.3 is 14.8 Å². The van der Waals surface area contributed by atoms with E-state index in [0.717, 1.165) is 10.5 Å². The monoisotopic (exact) mass is 567 g/mol. The number of amides is 5. The van der Waals surface area contributed by atoms with E-state index in [9.17, 15) is 19.2 Å². The number of hydrogen-bond acceptors (Lipinski definition) is 6. The zero-order chi connectivity index (χ0) is 28.1. The molecule has 4 rings (SSSR count). The molecule has 39 heavy (non-hydrogen) atoms. The van der Waals surface area contributed by atoms with Gasteiger partial charge in [-0.15, -0.1) is 0 Å². The van der Waals surface area contributed by atoms with Crippen LogP contribution in [0, 0.1) is 6.92 Å². The number of aryl methyl sites for hydroxylation is 1. The number of barbiturate groups is 1. The van der Waals surface area contributed by atoms with Gasteiger partial charge in [0.2, 0.25) is 0 Å². The Balaban J connectivity index is 1.58. The lowest BCUT2D eigenvalue weighted by molar-refractivity contribution is -0.122. The molecule has 3 aromatic carbocycles. The molecule has 1 fully saturated rings. The van der Waals surface area contributed by atoms with Crippen molar-refractivity contribution < 1.29 is 28.7 Å². The molecule has 0 unspecified atom stereocenters. The maximum absolute atomic E-state index is 13.2. The van der Waals surface area contributed by atoms with Gasteiger partial charge in [0.15, 0.2) is 18.1 Å². The minimum Gasteiger partial charge on any atom is -0.490 e. The SMILES string of the molecule is CCOc1cc(/C=C2\C(=O)NC(=O)N(c3cccc(Cl)c3)C2=O)cc(Cl)c1OCC(=O)Nc1cccc(C)c1. The van der Waals surface area contributed by atoms with Crippen molar-refractivity contribution in [1.82, 2.24) is 5.32 Å². The summed E-state index contributed by atoms with van der Waals surface area (Å²) in [5, 5.41) is 5.29. The predicted octanol–water partition coefficient (Wildman–Crippen LogP) is 5.38. The van der Waals surface area contributed by atoms with E-state index in [1.54, 1.807) is 25.1 Å². The van der Waals surface area contributed by atoms with E-state index in [1.807, 2.05) is 25.1 Å². The van der Waals surface area contributed by atoms with Gasteiger partial charge in [0.1, 0.15) is 5.57 Å². The average molecular weight is 568 g/mol. The second kappa shape index (κ2) is 12.0. The third kappa shape index (κ3) is 6.57. The molecule has 1 heterocycles. The number of rotatable bonds is 8. The fourth-order valence-electron chi connectivity index (χ4n) is 3.81. The molecule has 0 atom stereocenters. The summed E-state index contributed by atoms with van der Waals surface area (Å²) in [5.41, 5.74) is 1.84. The highest BCUT2D eigenvalue weighted by Crippen LogP contribution is 2.37. The zero-order valence-electron chi connectivity index (χ0n) is 20.9. The Kier molecular flexibility index (Phi) is 8.53. The molecule has 0 radical (unpaired) electrons. The van der Waals surface area contributed by atoms with Gasteiger partial charge in [0.05, 0.1) is 17.3 Å². The van der Waals surface area contributed by atoms with Crippen LogP contribution < -0.4 is 25.0 Å². The molecule has 0 aliphatic carbocycles. The van der Waals surface area contributed by atoms with Crippen molar-refractivity contribution in [2.45, 2.75) is 13.8 Å². The molecule has 0 saturated carbocycles. The molecule has 1 saturated heterocycles. The molecular formula is C28H23Cl2N3O6. The lowest BCUT2D eigenvalue weighted by Crippen LogP contribution is -2.54. The maximum atomic E-state index is 13.2. The minimum absolute atomic E-state index is 0.0857. The van der Waals surface area contributed by atoms with Crippen molar-refractivity contribution in [1.29, 1.82) is 0 Å². The van der Waals surface area contributed by atoms with Gasteiger partial charge in [-0.3, -0.25) is 19.7 Å².